The summed E-state index contributed by atoms with van der Waals surface area (Å²) in [5.74, 6) is 0.161. The molecule has 0 bridgehead atoms. The second-order valence-electron chi connectivity index (χ2n) is 8.07. The van der Waals surface area contributed by atoms with Gasteiger partial charge in [-0.2, -0.15) is 5.10 Å². The number of amides is 2. The third-order valence-electron chi connectivity index (χ3n) is 5.53. The first kappa shape index (κ1) is 25.5. The zero-order valence-electron chi connectivity index (χ0n) is 20.5. The van der Waals surface area contributed by atoms with Crippen molar-refractivity contribution in [1.82, 2.24) is 9.99 Å². The number of anilines is 1. The molecule has 4 rings (SSSR count). The second kappa shape index (κ2) is 11.5. The Bertz CT molecular complexity index is 1450. The van der Waals surface area contributed by atoms with E-state index in [-0.39, 0.29) is 0 Å². The predicted octanol–water partition coefficient (Wildman–Crippen LogP) is 5.64. The number of nitrogens with zero attached hydrogens (tertiary/aromatic N) is 2. The minimum Gasteiger partial charge on any atom is -0.495 e. The number of benzene rings is 3. The summed E-state index contributed by atoms with van der Waals surface area (Å²) in [6, 6.07) is 23.5. The van der Waals surface area contributed by atoms with Crippen molar-refractivity contribution in [3.05, 3.63) is 101 Å². The van der Waals surface area contributed by atoms with Crippen molar-refractivity contribution in [3.63, 3.8) is 0 Å². The van der Waals surface area contributed by atoms with Gasteiger partial charge in [0.25, 0.3) is 0 Å². The molecule has 188 valence electrons. The smallest absolute Gasteiger partial charge is 0.329 e. The van der Waals surface area contributed by atoms with Crippen LogP contribution in [0.4, 0.5) is 5.69 Å². The van der Waals surface area contributed by atoms with Gasteiger partial charge in [0.05, 0.1) is 18.3 Å². The molecule has 3 aromatic carbocycles. The molecule has 0 fully saturated rings. The molecule has 0 radical (unpaired) electrons. The number of hydrogen-bond donors (Lipinski definition) is 2. The number of carbonyl (C=O) groups excluding carboxylic acids is 2. The van der Waals surface area contributed by atoms with E-state index < -0.39 is 11.8 Å². The quantitative estimate of drug-likeness (QED) is 0.189. The molecule has 0 atom stereocenters. The highest BCUT2D eigenvalue weighted by Gasteiger charge is 2.14. The van der Waals surface area contributed by atoms with Crippen molar-refractivity contribution in [2.45, 2.75) is 13.8 Å². The Hall–Kier alpha value is -4.56. The van der Waals surface area contributed by atoms with Crippen LogP contribution in [-0.4, -0.2) is 29.7 Å². The lowest BCUT2D eigenvalue weighted by Gasteiger charge is -2.11. The monoisotopic (exact) mass is 516 g/mol. The Morgan fingerprint density at radius 3 is 2.30 bits per heavy atom. The molecule has 4 aromatic rings. The van der Waals surface area contributed by atoms with Gasteiger partial charge >= 0.3 is 11.8 Å². The number of ether oxygens (including phenoxy) is 2. The van der Waals surface area contributed by atoms with Crippen LogP contribution in [0, 0.1) is 13.8 Å². The first-order valence-corrected chi connectivity index (χ1v) is 11.7. The van der Waals surface area contributed by atoms with Gasteiger partial charge in [-0.05, 0) is 74.5 Å². The molecule has 0 unspecified atom stereocenters. The van der Waals surface area contributed by atoms with Gasteiger partial charge in [0, 0.05) is 28.3 Å². The molecule has 0 aliphatic rings. The molecule has 1 heterocycles. The van der Waals surface area contributed by atoms with Crippen molar-refractivity contribution >= 4 is 35.3 Å². The van der Waals surface area contributed by atoms with Crippen molar-refractivity contribution < 1.29 is 19.1 Å². The Kier molecular flexibility index (Phi) is 7.90. The molecule has 0 saturated heterocycles. The molecular weight excluding hydrogens is 492 g/mol. The van der Waals surface area contributed by atoms with Gasteiger partial charge in [0.15, 0.2) is 0 Å². The van der Waals surface area contributed by atoms with Crippen LogP contribution in [0.3, 0.4) is 0 Å². The summed E-state index contributed by atoms with van der Waals surface area (Å²) in [6.07, 6.45) is 1.49. The average molecular weight is 517 g/mol. The van der Waals surface area contributed by atoms with E-state index in [4.69, 9.17) is 21.1 Å². The minimum absolute atomic E-state index is 0.450. The Morgan fingerprint density at radius 2 is 1.62 bits per heavy atom. The molecule has 37 heavy (non-hydrogen) atoms. The first-order valence-electron chi connectivity index (χ1n) is 11.4. The van der Waals surface area contributed by atoms with Crippen molar-refractivity contribution in [3.8, 4) is 22.9 Å². The Morgan fingerprint density at radius 1 is 0.919 bits per heavy atom. The summed E-state index contributed by atoms with van der Waals surface area (Å²) in [6.45, 7) is 3.87. The SMILES string of the molecule is COc1ccc(-n2c(C)cc(/C=N\NC(=O)C(=O)Nc3ccc(Oc4ccccc4)cc3)c2C)cc1Cl. The van der Waals surface area contributed by atoms with Gasteiger partial charge < -0.3 is 19.4 Å². The molecule has 0 aliphatic carbocycles. The van der Waals surface area contributed by atoms with E-state index in [9.17, 15) is 9.59 Å². The van der Waals surface area contributed by atoms with Crippen molar-refractivity contribution in [2.75, 3.05) is 12.4 Å². The number of hydrogen-bond acceptors (Lipinski definition) is 5. The maximum atomic E-state index is 12.3. The molecule has 1 aromatic heterocycles. The Balaban J connectivity index is 1.35. The van der Waals surface area contributed by atoms with Crippen LogP contribution < -0.4 is 20.2 Å². The fourth-order valence-corrected chi connectivity index (χ4v) is 3.99. The topological polar surface area (TPSA) is 94.0 Å². The minimum atomic E-state index is -0.892. The largest absolute Gasteiger partial charge is 0.495 e. The molecule has 0 aliphatic heterocycles. The number of hydrazone groups is 1. The van der Waals surface area contributed by atoms with E-state index >= 15 is 0 Å². The zero-order chi connectivity index (χ0) is 26.4. The lowest BCUT2D eigenvalue weighted by molar-refractivity contribution is -0.136. The van der Waals surface area contributed by atoms with Gasteiger partial charge in [-0.3, -0.25) is 9.59 Å². The molecule has 2 amide bonds. The second-order valence-corrected chi connectivity index (χ2v) is 8.48. The number of nitrogens with one attached hydrogen (secondary N) is 2. The maximum absolute atomic E-state index is 12.3. The third-order valence-corrected chi connectivity index (χ3v) is 5.83. The molecule has 0 saturated carbocycles. The van der Waals surface area contributed by atoms with E-state index in [1.165, 1.54) is 6.21 Å². The number of para-hydroxylation sites is 1. The third kappa shape index (κ3) is 6.17. The molecule has 8 nitrogen and oxygen atoms in total. The van der Waals surface area contributed by atoms with Gasteiger partial charge in [-0.1, -0.05) is 29.8 Å². The van der Waals surface area contributed by atoms with Crippen molar-refractivity contribution in [2.24, 2.45) is 5.10 Å². The highest BCUT2D eigenvalue weighted by Crippen LogP contribution is 2.29. The standard InChI is InChI=1S/C28H25ClN4O4/c1-18-15-20(19(2)33(18)22-11-14-26(36-3)25(29)16-22)17-30-32-28(35)27(34)31-21-9-12-24(13-10-21)37-23-7-5-4-6-8-23/h4-17H,1-3H3,(H,31,34)(H,32,35)/b30-17-. The number of methoxy groups -OCH3 is 1. The number of aromatic nitrogens is 1. The summed E-state index contributed by atoms with van der Waals surface area (Å²) < 4.78 is 12.9. The van der Waals surface area contributed by atoms with E-state index in [0.717, 1.165) is 22.6 Å². The summed E-state index contributed by atoms with van der Waals surface area (Å²) in [7, 11) is 1.56. The summed E-state index contributed by atoms with van der Waals surface area (Å²) in [5, 5.41) is 6.99. The number of halogens is 1. The molecule has 9 heteroatoms. The van der Waals surface area contributed by atoms with Crippen LogP contribution in [0.15, 0.2) is 84.0 Å². The molecule has 0 spiro atoms. The van der Waals surface area contributed by atoms with E-state index in [1.54, 1.807) is 37.4 Å². The zero-order valence-corrected chi connectivity index (χ0v) is 21.2. The number of carbonyl (C=O) groups is 2. The fourth-order valence-electron chi connectivity index (χ4n) is 3.74. The van der Waals surface area contributed by atoms with E-state index in [0.29, 0.717) is 28.0 Å². The summed E-state index contributed by atoms with van der Waals surface area (Å²) >= 11 is 6.28. The average Bonchev–Trinajstić information content (AvgIpc) is 3.18. The van der Waals surface area contributed by atoms with Crippen LogP contribution in [-0.2, 0) is 9.59 Å². The molecular formula is C28H25ClN4O4. The summed E-state index contributed by atoms with van der Waals surface area (Å²) in [4.78, 5) is 24.5. The van der Waals surface area contributed by atoms with Crippen LogP contribution in [0.5, 0.6) is 17.2 Å². The van der Waals surface area contributed by atoms with Gasteiger partial charge in [-0.15, -0.1) is 0 Å². The van der Waals surface area contributed by atoms with Crippen LogP contribution in [0.2, 0.25) is 5.02 Å². The summed E-state index contributed by atoms with van der Waals surface area (Å²) in [5.41, 5.74) is 6.19. The van der Waals surface area contributed by atoms with Crippen LogP contribution >= 0.6 is 11.6 Å². The lowest BCUT2D eigenvalue weighted by atomic mass is 10.2. The van der Waals surface area contributed by atoms with E-state index in [2.05, 4.69) is 15.8 Å². The maximum Gasteiger partial charge on any atom is 0.329 e. The van der Waals surface area contributed by atoms with Crippen LogP contribution in [0.1, 0.15) is 17.0 Å². The van der Waals surface area contributed by atoms with Crippen molar-refractivity contribution in [1.29, 1.82) is 0 Å². The fraction of sp³-hybridized carbons (Fsp3) is 0.107. The normalized spacial score (nSPS) is 10.8. The molecule has 2 N–H and O–H groups in total. The lowest BCUT2D eigenvalue weighted by Crippen LogP contribution is -2.32. The predicted molar refractivity (Wildman–Crippen MR) is 144 cm³/mol. The highest BCUT2D eigenvalue weighted by atomic mass is 35.5. The van der Waals surface area contributed by atoms with Gasteiger partial charge in [0.2, 0.25) is 0 Å². The van der Waals surface area contributed by atoms with Gasteiger partial charge in [-0.25, -0.2) is 5.43 Å². The number of rotatable bonds is 7. The highest BCUT2D eigenvalue weighted by molar-refractivity contribution is 6.39. The van der Waals surface area contributed by atoms with Crippen LogP contribution in [0.25, 0.3) is 5.69 Å². The van der Waals surface area contributed by atoms with E-state index in [1.807, 2.05) is 66.9 Å². The van der Waals surface area contributed by atoms with Gasteiger partial charge in [0.1, 0.15) is 17.2 Å². The number of aryl methyl sites for hydroxylation is 1. The first-order chi connectivity index (χ1) is 17.9. The Labute approximate surface area is 219 Å².